The maximum Gasteiger partial charge on any atom is 0.331 e. The predicted octanol–water partition coefficient (Wildman–Crippen LogP) is 4.99. The van der Waals surface area contributed by atoms with Gasteiger partial charge in [0.15, 0.2) is 17.7 Å². The molecule has 0 radical (unpaired) electrons. The number of ketones is 2. The van der Waals surface area contributed by atoms with Gasteiger partial charge in [-0.1, -0.05) is 40.2 Å². The minimum absolute atomic E-state index is 0.104. The lowest BCUT2D eigenvalue weighted by Gasteiger charge is -2.66. The molecule has 4 rings (SSSR count). The molecule has 0 aromatic rings. The maximum absolute atomic E-state index is 14.8. The fourth-order valence-electron chi connectivity index (χ4n) is 9.54. The van der Waals surface area contributed by atoms with Gasteiger partial charge < -0.3 is 19.7 Å². The molecule has 238 valence electrons. The lowest BCUT2D eigenvalue weighted by atomic mass is 9.37. The van der Waals surface area contributed by atoms with Crippen molar-refractivity contribution in [1.29, 1.82) is 0 Å². The number of carboxylic acid groups (broad SMARTS) is 1. The van der Waals surface area contributed by atoms with E-state index in [4.69, 9.17) is 9.47 Å². The van der Waals surface area contributed by atoms with Crippen LogP contribution >= 0.6 is 0 Å². The van der Waals surface area contributed by atoms with Crippen molar-refractivity contribution in [2.45, 2.75) is 118 Å². The first-order chi connectivity index (χ1) is 19.8. The summed E-state index contributed by atoms with van der Waals surface area (Å²) >= 11 is 0. The van der Waals surface area contributed by atoms with Crippen LogP contribution in [0.2, 0.25) is 0 Å². The Morgan fingerprint density at radius 2 is 1.65 bits per heavy atom. The Morgan fingerprint density at radius 3 is 2.21 bits per heavy atom. The van der Waals surface area contributed by atoms with Crippen LogP contribution < -0.4 is 0 Å². The SMILES string of the molecule is CC(=O)OC1CC2(C)C(CCC3C4(C)C=CC(=O)C(C)C4C(OC(C)=O)C(=O)C32C)C1=C(CCCCC(C)(C)O)C(=O)O. The van der Waals surface area contributed by atoms with Crippen LogP contribution in [0.5, 0.6) is 0 Å². The van der Waals surface area contributed by atoms with Crippen molar-refractivity contribution in [2.75, 3.05) is 0 Å². The zero-order valence-corrected chi connectivity index (χ0v) is 26.8. The lowest BCUT2D eigenvalue weighted by Crippen LogP contribution is -2.69. The highest BCUT2D eigenvalue weighted by atomic mass is 16.5. The molecule has 4 aliphatic carbocycles. The number of Topliss-reactive ketones (excluding diaryl/α,β-unsaturated/α-hetero) is 1. The fourth-order valence-corrected chi connectivity index (χ4v) is 9.54. The van der Waals surface area contributed by atoms with Crippen LogP contribution in [0, 0.1) is 39.9 Å². The van der Waals surface area contributed by atoms with Gasteiger partial charge in [-0.2, -0.15) is 0 Å². The summed E-state index contributed by atoms with van der Waals surface area (Å²) in [7, 11) is 0. The number of carboxylic acids is 1. The molecular weight excluding hydrogens is 552 g/mol. The second-order valence-electron chi connectivity index (χ2n) is 14.7. The van der Waals surface area contributed by atoms with Crippen molar-refractivity contribution in [1.82, 2.24) is 0 Å². The third kappa shape index (κ3) is 5.40. The lowest BCUT2D eigenvalue weighted by molar-refractivity contribution is -0.207. The minimum Gasteiger partial charge on any atom is -0.478 e. The van der Waals surface area contributed by atoms with E-state index >= 15 is 0 Å². The number of carbonyl (C=O) groups is 5. The topological polar surface area (TPSA) is 144 Å². The van der Waals surface area contributed by atoms with Gasteiger partial charge in [0, 0.05) is 36.7 Å². The number of allylic oxidation sites excluding steroid dienone is 2. The number of carbonyl (C=O) groups excluding carboxylic acids is 4. The number of hydrogen-bond acceptors (Lipinski definition) is 8. The summed E-state index contributed by atoms with van der Waals surface area (Å²) < 4.78 is 11.6. The molecule has 0 aromatic carbocycles. The second kappa shape index (κ2) is 11.3. The van der Waals surface area contributed by atoms with Gasteiger partial charge in [0.1, 0.15) is 6.10 Å². The largest absolute Gasteiger partial charge is 0.478 e. The van der Waals surface area contributed by atoms with Gasteiger partial charge >= 0.3 is 17.9 Å². The fraction of sp³-hybridized carbons (Fsp3) is 0.735. The molecule has 0 aliphatic heterocycles. The first-order valence-corrected chi connectivity index (χ1v) is 15.6. The smallest absolute Gasteiger partial charge is 0.331 e. The Hall–Kier alpha value is -2.81. The summed E-state index contributed by atoms with van der Waals surface area (Å²) in [6, 6.07) is 0. The highest BCUT2D eigenvalue weighted by Crippen LogP contribution is 2.73. The van der Waals surface area contributed by atoms with Crippen molar-refractivity contribution in [2.24, 2.45) is 39.9 Å². The van der Waals surface area contributed by atoms with Gasteiger partial charge in [0.05, 0.1) is 5.60 Å². The molecule has 0 amide bonds. The van der Waals surface area contributed by atoms with Crippen molar-refractivity contribution in [3.8, 4) is 0 Å². The summed E-state index contributed by atoms with van der Waals surface area (Å²) in [4.78, 5) is 65.1. The third-order valence-electron chi connectivity index (χ3n) is 11.6. The molecular formula is C34H48O9. The van der Waals surface area contributed by atoms with Crippen LogP contribution in [0.3, 0.4) is 0 Å². The molecule has 9 nitrogen and oxygen atoms in total. The van der Waals surface area contributed by atoms with Gasteiger partial charge in [0.2, 0.25) is 0 Å². The summed E-state index contributed by atoms with van der Waals surface area (Å²) in [6.07, 6.45) is 4.92. The normalized spacial score (nSPS) is 39.8. The molecule has 0 aromatic heterocycles. The molecule has 0 bridgehead atoms. The van der Waals surface area contributed by atoms with E-state index in [9.17, 15) is 34.2 Å². The zero-order valence-electron chi connectivity index (χ0n) is 26.8. The average molecular weight is 601 g/mol. The second-order valence-corrected chi connectivity index (χ2v) is 14.7. The molecule has 9 unspecified atom stereocenters. The number of aliphatic hydroxyl groups is 1. The molecule has 0 spiro atoms. The Morgan fingerprint density at radius 1 is 1.02 bits per heavy atom. The van der Waals surface area contributed by atoms with Crippen LogP contribution in [0.15, 0.2) is 23.3 Å². The molecule has 2 N–H and O–H groups in total. The Bertz CT molecular complexity index is 1270. The van der Waals surface area contributed by atoms with Crippen LogP contribution in [0.4, 0.5) is 0 Å². The van der Waals surface area contributed by atoms with E-state index < -0.39 is 63.8 Å². The van der Waals surface area contributed by atoms with Crippen LogP contribution in [0.1, 0.15) is 100 Å². The highest BCUT2D eigenvalue weighted by molar-refractivity contribution is 5.98. The van der Waals surface area contributed by atoms with E-state index in [2.05, 4.69) is 0 Å². The van der Waals surface area contributed by atoms with Crippen molar-refractivity contribution in [3.05, 3.63) is 23.3 Å². The van der Waals surface area contributed by atoms with Gasteiger partial charge in [-0.25, -0.2) is 4.79 Å². The van der Waals surface area contributed by atoms with Crippen LogP contribution in [-0.2, 0) is 33.4 Å². The molecule has 9 atom stereocenters. The number of rotatable bonds is 8. The molecule has 0 heterocycles. The van der Waals surface area contributed by atoms with Crippen LogP contribution in [0.25, 0.3) is 0 Å². The highest BCUT2D eigenvalue weighted by Gasteiger charge is 2.74. The minimum atomic E-state index is -1.13. The summed E-state index contributed by atoms with van der Waals surface area (Å²) in [6.45, 7) is 13.7. The quantitative estimate of drug-likeness (QED) is 0.224. The van der Waals surface area contributed by atoms with E-state index in [1.54, 1.807) is 26.8 Å². The van der Waals surface area contributed by atoms with E-state index in [-0.39, 0.29) is 41.8 Å². The van der Waals surface area contributed by atoms with Crippen molar-refractivity contribution >= 4 is 29.5 Å². The number of hydrogen-bond donors (Lipinski definition) is 2. The Balaban J connectivity index is 1.86. The molecule has 3 fully saturated rings. The maximum atomic E-state index is 14.8. The zero-order chi connectivity index (χ0) is 32.3. The Kier molecular flexibility index (Phi) is 8.68. The first-order valence-electron chi connectivity index (χ1n) is 15.6. The van der Waals surface area contributed by atoms with Gasteiger partial charge in [-0.15, -0.1) is 0 Å². The number of ether oxygens (including phenoxy) is 2. The summed E-state index contributed by atoms with van der Waals surface area (Å²) in [5, 5.41) is 20.6. The van der Waals surface area contributed by atoms with E-state index in [1.165, 1.54) is 13.8 Å². The van der Waals surface area contributed by atoms with Gasteiger partial charge in [0.25, 0.3) is 0 Å². The average Bonchev–Trinajstić information content (AvgIpc) is 3.15. The standard InChI is InChI=1S/C34H48O9/c1-18-23(37)14-16-32(6)25-13-12-22-26(21(30(39)40)11-9-10-15-31(4,5)41)24(42-19(2)35)17-33(22,7)34(25,8)29(38)28(27(18)32)43-20(3)36/h14,16,18,22,24-25,27-28,41H,9-13,15,17H2,1-8H3,(H,39,40). The van der Waals surface area contributed by atoms with Crippen LogP contribution in [-0.4, -0.2) is 57.5 Å². The molecule has 43 heavy (non-hydrogen) atoms. The molecule has 3 saturated carbocycles. The van der Waals surface area contributed by atoms with E-state index in [0.717, 1.165) is 0 Å². The number of esters is 2. The first kappa shape index (κ1) is 33.1. The summed E-state index contributed by atoms with van der Waals surface area (Å²) in [5.41, 5.74) is -2.62. The molecule has 0 saturated heterocycles. The molecule has 4 aliphatic rings. The number of unbranched alkanes of at least 4 members (excludes halogenated alkanes) is 1. The third-order valence-corrected chi connectivity index (χ3v) is 11.6. The van der Waals surface area contributed by atoms with Crippen molar-refractivity contribution < 1.29 is 43.7 Å². The van der Waals surface area contributed by atoms with E-state index in [1.807, 2.05) is 26.8 Å². The van der Waals surface area contributed by atoms with Gasteiger partial charge in [-0.05, 0) is 86.7 Å². The Labute approximate surface area is 254 Å². The van der Waals surface area contributed by atoms with E-state index in [0.29, 0.717) is 37.7 Å². The van der Waals surface area contributed by atoms with Crippen molar-refractivity contribution in [3.63, 3.8) is 0 Å². The number of aliphatic carboxylic acids is 1. The predicted molar refractivity (Wildman–Crippen MR) is 157 cm³/mol. The summed E-state index contributed by atoms with van der Waals surface area (Å²) in [5.74, 6) is -4.16. The number of fused-ring (bicyclic) bond motifs is 5. The monoisotopic (exact) mass is 600 g/mol. The van der Waals surface area contributed by atoms with Gasteiger partial charge in [-0.3, -0.25) is 19.2 Å². The molecule has 9 heteroatoms.